The third-order valence-corrected chi connectivity index (χ3v) is 3.03. The Hall–Kier alpha value is -2.09. The van der Waals surface area contributed by atoms with Gasteiger partial charge in [-0.25, -0.2) is 9.59 Å². The van der Waals surface area contributed by atoms with E-state index in [1.165, 1.54) is 4.90 Å². The monoisotopic (exact) mass is 282 g/mol. The molecule has 0 radical (unpaired) electrons. The minimum Gasteiger partial charge on any atom is -0.479 e. The number of aromatic nitrogens is 2. The van der Waals surface area contributed by atoms with Gasteiger partial charge in [0.15, 0.2) is 6.10 Å². The van der Waals surface area contributed by atoms with Crippen molar-refractivity contribution in [1.82, 2.24) is 20.0 Å². The van der Waals surface area contributed by atoms with E-state index in [4.69, 9.17) is 9.84 Å². The van der Waals surface area contributed by atoms with Crippen LogP contribution in [-0.2, 0) is 16.1 Å². The minimum atomic E-state index is -1.04. The van der Waals surface area contributed by atoms with Crippen LogP contribution in [0.5, 0.6) is 0 Å². The molecule has 1 unspecified atom stereocenters. The molecular formula is C12H18N4O4. The molecule has 1 aliphatic rings. The van der Waals surface area contributed by atoms with Gasteiger partial charge in [0.2, 0.25) is 0 Å². The highest BCUT2D eigenvalue weighted by Gasteiger charge is 2.28. The first-order valence-corrected chi connectivity index (χ1v) is 6.51. The number of nitrogens with zero attached hydrogens (tertiary/aromatic N) is 3. The second-order valence-electron chi connectivity index (χ2n) is 4.50. The van der Waals surface area contributed by atoms with Gasteiger partial charge >= 0.3 is 12.0 Å². The molecular weight excluding hydrogens is 264 g/mol. The molecule has 8 heteroatoms. The molecule has 2 amide bonds. The summed E-state index contributed by atoms with van der Waals surface area (Å²) in [6.07, 6.45) is 3.40. The molecule has 0 saturated carbocycles. The van der Waals surface area contributed by atoms with Crippen molar-refractivity contribution >= 4 is 12.0 Å². The zero-order valence-electron chi connectivity index (χ0n) is 11.1. The molecule has 0 aliphatic carbocycles. The Morgan fingerprint density at radius 2 is 2.35 bits per heavy atom. The summed E-state index contributed by atoms with van der Waals surface area (Å²) in [4.78, 5) is 24.2. The highest BCUT2D eigenvalue weighted by atomic mass is 16.5. The molecule has 110 valence electrons. The lowest BCUT2D eigenvalue weighted by Gasteiger charge is -2.30. The van der Waals surface area contributed by atoms with Gasteiger partial charge in [0.1, 0.15) is 0 Å². The van der Waals surface area contributed by atoms with Crippen molar-refractivity contribution in [1.29, 1.82) is 0 Å². The van der Waals surface area contributed by atoms with Crippen molar-refractivity contribution in [2.75, 3.05) is 26.2 Å². The van der Waals surface area contributed by atoms with Crippen LogP contribution in [0.25, 0.3) is 0 Å². The van der Waals surface area contributed by atoms with E-state index in [2.05, 4.69) is 10.4 Å². The van der Waals surface area contributed by atoms with Crippen molar-refractivity contribution in [2.24, 2.45) is 0 Å². The van der Waals surface area contributed by atoms with Crippen molar-refractivity contribution < 1.29 is 19.4 Å². The van der Waals surface area contributed by atoms with Gasteiger partial charge in [-0.2, -0.15) is 5.10 Å². The molecule has 8 nitrogen and oxygen atoms in total. The summed E-state index contributed by atoms with van der Waals surface area (Å²) in [5.41, 5.74) is 0. The number of hydrogen-bond acceptors (Lipinski definition) is 4. The SMILES string of the molecule is O=C(O)C1CN(C(=O)NCCCn2cccn2)CCO1. The maximum atomic E-state index is 11.9. The third kappa shape index (κ3) is 3.95. The van der Waals surface area contributed by atoms with Crippen LogP contribution in [0.4, 0.5) is 4.79 Å². The van der Waals surface area contributed by atoms with E-state index >= 15 is 0 Å². The topological polar surface area (TPSA) is 96.7 Å². The average molecular weight is 282 g/mol. The fourth-order valence-electron chi connectivity index (χ4n) is 1.96. The first-order valence-electron chi connectivity index (χ1n) is 6.51. The van der Waals surface area contributed by atoms with Gasteiger partial charge in [-0.3, -0.25) is 4.68 Å². The molecule has 1 fully saturated rings. The van der Waals surface area contributed by atoms with E-state index < -0.39 is 12.1 Å². The Balaban J connectivity index is 1.67. The Morgan fingerprint density at radius 3 is 3.05 bits per heavy atom. The number of morpholine rings is 1. The number of carboxylic acid groups (broad SMARTS) is 1. The van der Waals surface area contributed by atoms with Crippen LogP contribution in [0.1, 0.15) is 6.42 Å². The highest BCUT2D eigenvalue weighted by Crippen LogP contribution is 2.05. The molecule has 0 aromatic carbocycles. The van der Waals surface area contributed by atoms with Crippen LogP contribution >= 0.6 is 0 Å². The van der Waals surface area contributed by atoms with E-state index in [0.29, 0.717) is 13.1 Å². The number of urea groups is 1. The number of carbonyl (C=O) groups is 2. The Labute approximate surface area is 116 Å². The summed E-state index contributed by atoms with van der Waals surface area (Å²) in [6.45, 7) is 1.99. The highest BCUT2D eigenvalue weighted by molar-refractivity contribution is 5.77. The van der Waals surface area contributed by atoms with E-state index in [1.54, 1.807) is 10.9 Å². The molecule has 2 rings (SSSR count). The molecule has 1 aromatic heterocycles. The number of amides is 2. The molecule has 1 atom stereocenters. The van der Waals surface area contributed by atoms with Crippen LogP contribution in [-0.4, -0.2) is 64.1 Å². The lowest BCUT2D eigenvalue weighted by atomic mass is 10.3. The van der Waals surface area contributed by atoms with Crippen molar-refractivity contribution in [3.05, 3.63) is 18.5 Å². The lowest BCUT2D eigenvalue weighted by Crippen LogP contribution is -2.51. The zero-order chi connectivity index (χ0) is 14.4. The maximum absolute atomic E-state index is 11.9. The second kappa shape index (κ2) is 6.90. The molecule has 0 spiro atoms. The fourth-order valence-corrected chi connectivity index (χ4v) is 1.96. The number of aliphatic carboxylic acids is 1. The standard InChI is InChI=1S/C12H18N4O4/c17-11(18)10-9-15(7-8-20-10)12(19)13-3-1-5-16-6-2-4-14-16/h2,4,6,10H,1,3,5,7-9H2,(H,13,19)(H,17,18). The quantitative estimate of drug-likeness (QED) is 0.727. The van der Waals surface area contributed by atoms with E-state index in [0.717, 1.165) is 13.0 Å². The largest absolute Gasteiger partial charge is 0.479 e. The van der Waals surface area contributed by atoms with Gasteiger partial charge in [-0.05, 0) is 12.5 Å². The maximum Gasteiger partial charge on any atom is 0.334 e. The summed E-state index contributed by atoms with van der Waals surface area (Å²) in [7, 11) is 0. The minimum absolute atomic E-state index is 0.0837. The summed E-state index contributed by atoms with van der Waals surface area (Å²) in [5, 5.41) is 15.7. The number of nitrogens with one attached hydrogen (secondary N) is 1. The molecule has 1 aromatic rings. The summed E-state index contributed by atoms with van der Waals surface area (Å²) < 4.78 is 6.85. The smallest absolute Gasteiger partial charge is 0.334 e. The van der Waals surface area contributed by atoms with Gasteiger partial charge in [0.25, 0.3) is 0 Å². The first kappa shape index (κ1) is 14.3. The number of rotatable bonds is 5. The van der Waals surface area contributed by atoms with Crippen LogP contribution in [0.3, 0.4) is 0 Å². The van der Waals surface area contributed by atoms with Gasteiger partial charge in [-0.1, -0.05) is 0 Å². The Kier molecular flexibility index (Phi) is 4.94. The second-order valence-corrected chi connectivity index (χ2v) is 4.50. The third-order valence-electron chi connectivity index (χ3n) is 3.03. The number of ether oxygens (including phenoxy) is 1. The number of hydrogen-bond donors (Lipinski definition) is 2. The number of carboxylic acids is 1. The normalized spacial score (nSPS) is 18.8. The molecule has 0 bridgehead atoms. The van der Waals surface area contributed by atoms with Gasteiger partial charge < -0.3 is 20.1 Å². The molecule has 1 aliphatic heterocycles. The van der Waals surface area contributed by atoms with Crippen LogP contribution < -0.4 is 5.32 Å². The van der Waals surface area contributed by atoms with Crippen molar-refractivity contribution in [2.45, 2.75) is 19.1 Å². The van der Waals surface area contributed by atoms with Gasteiger partial charge in [-0.15, -0.1) is 0 Å². The average Bonchev–Trinajstić information content (AvgIpc) is 2.96. The van der Waals surface area contributed by atoms with E-state index in [-0.39, 0.29) is 19.2 Å². The van der Waals surface area contributed by atoms with Crippen LogP contribution in [0.2, 0.25) is 0 Å². The molecule has 20 heavy (non-hydrogen) atoms. The van der Waals surface area contributed by atoms with E-state index in [9.17, 15) is 9.59 Å². The molecule has 2 heterocycles. The predicted molar refractivity (Wildman–Crippen MR) is 69.2 cm³/mol. The molecule has 2 N–H and O–H groups in total. The van der Waals surface area contributed by atoms with Crippen LogP contribution in [0.15, 0.2) is 18.5 Å². The predicted octanol–water partition coefficient (Wildman–Crippen LogP) is -0.232. The van der Waals surface area contributed by atoms with E-state index in [1.807, 2.05) is 12.3 Å². The summed E-state index contributed by atoms with van der Waals surface area (Å²) in [5.74, 6) is -1.04. The number of aryl methyl sites for hydroxylation is 1. The van der Waals surface area contributed by atoms with Gasteiger partial charge in [0, 0.05) is 32.0 Å². The Morgan fingerprint density at radius 1 is 1.50 bits per heavy atom. The fraction of sp³-hybridized carbons (Fsp3) is 0.583. The zero-order valence-corrected chi connectivity index (χ0v) is 11.1. The van der Waals surface area contributed by atoms with Crippen LogP contribution in [0, 0.1) is 0 Å². The first-order chi connectivity index (χ1) is 9.66. The van der Waals surface area contributed by atoms with Crippen molar-refractivity contribution in [3.63, 3.8) is 0 Å². The summed E-state index contributed by atoms with van der Waals surface area (Å²) >= 11 is 0. The van der Waals surface area contributed by atoms with Crippen molar-refractivity contribution in [3.8, 4) is 0 Å². The summed E-state index contributed by atoms with van der Waals surface area (Å²) in [6, 6.07) is 1.60. The number of carbonyl (C=O) groups excluding carboxylic acids is 1. The molecule has 1 saturated heterocycles. The van der Waals surface area contributed by atoms with Gasteiger partial charge in [0.05, 0.1) is 13.2 Å². The lowest BCUT2D eigenvalue weighted by molar-refractivity contribution is -0.154. The Bertz CT molecular complexity index is 448.